The number of primary amides is 1. The number of aryl methyl sites for hydroxylation is 1. The van der Waals surface area contributed by atoms with Gasteiger partial charge in [-0.3, -0.25) is 4.79 Å². The van der Waals surface area contributed by atoms with Crippen molar-refractivity contribution in [3.05, 3.63) is 91.5 Å². The summed E-state index contributed by atoms with van der Waals surface area (Å²) in [5.41, 5.74) is 9.25. The van der Waals surface area contributed by atoms with Crippen LogP contribution in [0.4, 0.5) is 4.39 Å². The Labute approximate surface area is 217 Å². The molecule has 2 heterocycles. The Hall–Kier alpha value is -3.16. The summed E-state index contributed by atoms with van der Waals surface area (Å²) in [5, 5.41) is 10.6. The number of aromatic nitrogens is 1. The minimum atomic E-state index is -1.11. The summed E-state index contributed by atoms with van der Waals surface area (Å²) in [7, 11) is 0. The Kier molecular flexibility index (Phi) is 6.17. The zero-order valence-corrected chi connectivity index (χ0v) is 21.5. The molecule has 0 bridgehead atoms. The van der Waals surface area contributed by atoms with Gasteiger partial charge in [-0.15, -0.1) is 11.3 Å². The molecule has 0 radical (unpaired) electrons. The van der Waals surface area contributed by atoms with Crippen molar-refractivity contribution in [2.75, 3.05) is 0 Å². The molecule has 1 aliphatic rings. The maximum Gasteiger partial charge on any atom is 0.337 e. The molecule has 0 saturated carbocycles. The monoisotopic (exact) mass is 524 g/mol. The fraction of sp³-hybridized carbons (Fsp3) is 0.286. The first-order valence-electron chi connectivity index (χ1n) is 11.7. The molecule has 1 amide bonds. The highest BCUT2D eigenvalue weighted by Crippen LogP contribution is 2.48. The zero-order chi connectivity index (χ0) is 25.8. The Morgan fingerprint density at radius 2 is 1.92 bits per heavy atom. The largest absolute Gasteiger partial charge is 0.478 e. The number of hydrogen-bond donors (Lipinski definition) is 3. The number of aromatic amines is 1. The molecule has 4 aromatic rings. The lowest BCUT2D eigenvalue weighted by atomic mass is 9.76. The van der Waals surface area contributed by atoms with E-state index in [1.165, 1.54) is 28.6 Å². The van der Waals surface area contributed by atoms with E-state index in [-0.39, 0.29) is 16.0 Å². The smallest absolute Gasteiger partial charge is 0.337 e. The molecular formula is C28H26ClFN2O3S. The molecule has 0 aliphatic heterocycles. The summed E-state index contributed by atoms with van der Waals surface area (Å²) in [4.78, 5) is 30.3. The summed E-state index contributed by atoms with van der Waals surface area (Å²) < 4.78 is 13.8. The SMILES string of the molecule is CC1(C)CCc2sc(C(c3c[nH]c4c(C(=O)O)cc(Cl)cc34)C(C(N)=O)c3ccc(F)cc3)cc2C1. The van der Waals surface area contributed by atoms with Gasteiger partial charge in [-0.25, -0.2) is 9.18 Å². The van der Waals surface area contributed by atoms with Crippen LogP contribution in [-0.4, -0.2) is 22.0 Å². The second-order valence-electron chi connectivity index (χ2n) is 10.3. The molecule has 5 nitrogen and oxygen atoms in total. The second kappa shape index (κ2) is 9.05. The van der Waals surface area contributed by atoms with Gasteiger partial charge < -0.3 is 15.8 Å². The third-order valence-electron chi connectivity index (χ3n) is 7.14. The van der Waals surface area contributed by atoms with E-state index in [9.17, 15) is 19.1 Å². The molecule has 2 atom stereocenters. The Morgan fingerprint density at radius 1 is 1.19 bits per heavy atom. The number of amides is 1. The first kappa shape index (κ1) is 24.5. The molecule has 2 aromatic carbocycles. The van der Waals surface area contributed by atoms with Gasteiger partial charge in [-0.2, -0.15) is 0 Å². The van der Waals surface area contributed by atoms with Gasteiger partial charge in [-0.05, 0) is 71.7 Å². The zero-order valence-electron chi connectivity index (χ0n) is 19.9. The molecule has 5 rings (SSSR count). The molecule has 4 N–H and O–H groups in total. The van der Waals surface area contributed by atoms with Crippen molar-refractivity contribution in [1.82, 2.24) is 4.98 Å². The highest BCUT2D eigenvalue weighted by atomic mass is 35.5. The number of nitrogens with one attached hydrogen (secondary N) is 1. The van der Waals surface area contributed by atoms with Crippen molar-refractivity contribution in [2.45, 2.75) is 44.9 Å². The van der Waals surface area contributed by atoms with Crippen LogP contribution in [0.5, 0.6) is 0 Å². The Balaban J connectivity index is 1.75. The van der Waals surface area contributed by atoms with Crippen LogP contribution in [0, 0.1) is 11.2 Å². The quantitative estimate of drug-likeness (QED) is 0.264. The van der Waals surface area contributed by atoms with Gasteiger partial charge in [0.1, 0.15) is 5.82 Å². The molecule has 2 aromatic heterocycles. The van der Waals surface area contributed by atoms with Crippen LogP contribution in [0.15, 0.2) is 48.7 Å². The normalized spacial score (nSPS) is 16.4. The van der Waals surface area contributed by atoms with E-state index in [4.69, 9.17) is 17.3 Å². The number of halogens is 2. The standard InChI is InChI=1S/C28H26ClFN2O3S/c1-28(2)8-7-21-15(12-28)9-22(36-21)24(23(26(31)33)14-3-5-17(30)6-4-14)20-13-32-25-18(20)10-16(29)11-19(25)27(34)35/h3-6,9-11,13,23-24,32H,7-8,12H2,1-2H3,(H2,31,33)(H,34,35). The molecule has 2 unspecified atom stereocenters. The van der Waals surface area contributed by atoms with Gasteiger partial charge >= 0.3 is 5.97 Å². The van der Waals surface area contributed by atoms with Gasteiger partial charge in [0, 0.05) is 32.3 Å². The topological polar surface area (TPSA) is 96.2 Å². The Morgan fingerprint density at radius 3 is 2.58 bits per heavy atom. The third-order valence-corrected chi connectivity index (χ3v) is 8.68. The minimum absolute atomic E-state index is 0.0483. The number of thiophene rings is 1. The van der Waals surface area contributed by atoms with Crippen LogP contribution in [-0.2, 0) is 17.6 Å². The van der Waals surface area contributed by atoms with Crippen LogP contribution in [0.2, 0.25) is 5.02 Å². The molecule has 8 heteroatoms. The van der Waals surface area contributed by atoms with Crippen molar-refractivity contribution < 1.29 is 19.1 Å². The second-order valence-corrected chi connectivity index (χ2v) is 11.9. The number of carbonyl (C=O) groups is 2. The lowest BCUT2D eigenvalue weighted by molar-refractivity contribution is -0.119. The summed E-state index contributed by atoms with van der Waals surface area (Å²) in [6, 6.07) is 11.1. The predicted molar refractivity (Wildman–Crippen MR) is 141 cm³/mol. The lowest BCUT2D eigenvalue weighted by Crippen LogP contribution is -2.27. The van der Waals surface area contributed by atoms with Crippen molar-refractivity contribution in [1.29, 1.82) is 0 Å². The van der Waals surface area contributed by atoms with E-state index in [1.807, 2.05) is 0 Å². The summed E-state index contributed by atoms with van der Waals surface area (Å²) in [5.74, 6) is -3.37. The summed E-state index contributed by atoms with van der Waals surface area (Å²) >= 11 is 7.99. The minimum Gasteiger partial charge on any atom is -0.478 e. The number of hydrogen-bond acceptors (Lipinski definition) is 3. The van der Waals surface area contributed by atoms with Gasteiger partial charge in [-0.1, -0.05) is 37.6 Å². The van der Waals surface area contributed by atoms with Crippen LogP contribution in [0.3, 0.4) is 0 Å². The van der Waals surface area contributed by atoms with Gasteiger partial charge in [0.2, 0.25) is 5.91 Å². The fourth-order valence-corrected chi connectivity index (χ4v) is 6.95. The molecule has 186 valence electrons. The van der Waals surface area contributed by atoms with E-state index < -0.39 is 29.5 Å². The van der Waals surface area contributed by atoms with E-state index in [1.54, 1.807) is 35.7 Å². The highest BCUT2D eigenvalue weighted by Gasteiger charge is 2.36. The number of rotatable bonds is 6. The average molecular weight is 525 g/mol. The molecule has 0 spiro atoms. The van der Waals surface area contributed by atoms with Crippen molar-refractivity contribution in [3.63, 3.8) is 0 Å². The fourth-order valence-electron chi connectivity index (χ4n) is 5.39. The molecule has 0 saturated heterocycles. The maximum atomic E-state index is 13.8. The third kappa shape index (κ3) is 4.42. The number of benzene rings is 2. The molecule has 1 aliphatic carbocycles. The number of carbonyl (C=O) groups excluding carboxylic acids is 1. The predicted octanol–water partition coefficient (Wildman–Crippen LogP) is 6.64. The lowest BCUT2D eigenvalue weighted by Gasteiger charge is -2.29. The van der Waals surface area contributed by atoms with Gasteiger partial charge in [0.15, 0.2) is 0 Å². The molecule has 0 fully saturated rings. The van der Waals surface area contributed by atoms with Gasteiger partial charge in [0.25, 0.3) is 0 Å². The highest BCUT2D eigenvalue weighted by molar-refractivity contribution is 7.12. The molecule has 36 heavy (non-hydrogen) atoms. The Bertz CT molecular complexity index is 1490. The number of aromatic carboxylic acids is 1. The average Bonchev–Trinajstić information content (AvgIpc) is 3.40. The maximum absolute atomic E-state index is 13.8. The number of fused-ring (bicyclic) bond motifs is 2. The number of carboxylic acid groups (broad SMARTS) is 1. The van der Waals surface area contributed by atoms with E-state index in [2.05, 4.69) is 24.9 Å². The van der Waals surface area contributed by atoms with Gasteiger partial charge in [0.05, 0.1) is 17.0 Å². The van der Waals surface area contributed by atoms with Crippen LogP contribution in [0.25, 0.3) is 10.9 Å². The number of nitrogens with two attached hydrogens (primary N) is 1. The molecular weight excluding hydrogens is 499 g/mol. The number of carboxylic acids is 1. The van der Waals surface area contributed by atoms with Crippen LogP contribution < -0.4 is 5.73 Å². The van der Waals surface area contributed by atoms with Crippen LogP contribution >= 0.6 is 22.9 Å². The first-order chi connectivity index (χ1) is 17.0. The van der Waals surface area contributed by atoms with Crippen molar-refractivity contribution in [2.24, 2.45) is 11.1 Å². The van der Waals surface area contributed by atoms with Crippen LogP contribution in [0.1, 0.15) is 68.9 Å². The van der Waals surface area contributed by atoms with Crippen molar-refractivity contribution >= 4 is 45.7 Å². The summed E-state index contributed by atoms with van der Waals surface area (Å²) in [6.45, 7) is 4.51. The van der Waals surface area contributed by atoms with E-state index >= 15 is 0 Å². The van der Waals surface area contributed by atoms with E-state index in [0.29, 0.717) is 16.5 Å². The first-order valence-corrected chi connectivity index (χ1v) is 12.9. The summed E-state index contributed by atoms with van der Waals surface area (Å²) in [6.07, 6.45) is 4.71. The number of H-pyrrole nitrogens is 1. The van der Waals surface area contributed by atoms with E-state index in [0.717, 1.165) is 29.7 Å². The van der Waals surface area contributed by atoms with Crippen molar-refractivity contribution in [3.8, 4) is 0 Å².